The Morgan fingerprint density at radius 3 is 2.42 bits per heavy atom. The number of hydrogen-bond donors (Lipinski definition) is 2. The summed E-state index contributed by atoms with van der Waals surface area (Å²) in [4.78, 5) is 35.1. The number of hydrogen-bond acceptors (Lipinski definition) is 5. The van der Waals surface area contributed by atoms with Crippen LogP contribution in [0.1, 0.15) is 37.4 Å². The highest BCUT2D eigenvalue weighted by Crippen LogP contribution is 2.37. The Hall–Kier alpha value is -3.41. The van der Waals surface area contributed by atoms with Crippen molar-refractivity contribution in [2.24, 2.45) is 0 Å². The first-order chi connectivity index (χ1) is 11.4. The van der Waals surface area contributed by atoms with Crippen LogP contribution in [-0.2, 0) is 9.53 Å². The molecule has 1 aliphatic rings. The number of carbonyl (C=O) groups is 3. The molecule has 0 radical (unpaired) electrons. The van der Waals surface area contributed by atoms with Gasteiger partial charge in [-0.3, -0.25) is 4.79 Å². The van der Waals surface area contributed by atoms with Crippen molar-refractivity contribution < 1.29 is 29.3 Å². The lowest BCUT2D eigenvalue weighted by atomic mass is 9.85. The highest BCUT2D eigenvalue weighted by Gasteiger charge is 2.26. The SMILES string of the molecule is COC(=O)c1cccc(C(=O)c2cc3c(cc2O)C(C(=O)O)=C3)c1. The molecule has 1 aliphatic carbocycles. The maximum atomic E-state index is 12.6. The normalized spacial score (nSPS) is 11.8. The minimum absolute atomic E-state index is 0.0384. The van der Waals surface area contributed by atoms with Crippen LogP contribution in [0.25, 0.3) is 11.6 Å². The second-order valence-corrected chi connectivity index (χ2v) is 5.22. The number of ether oxygens (including phenoxy) is 1. The molecule has 24 heavy (non-hydrogen) atoms. The van der Waals surface area contributed by atoms with Crippen molar-refractivity contribution in [3.05, 3.63) is 64.2 Å². The lowest BCUT2D eigenvalue weighted by Gasteiger charge is -2.18. The number of ketones is 1. The fraction of sp³-hybridized carbons (Fsp3) is 0.0556. The molecule has 3 rings (SSSR count). The van der Waals surface area contributed by atoms with Crippen molar-refractivity contribution in [1.82, 2.24) is 0 Å². The zero-order chi connectivity index (χ0) is 17.4. The van der Waals surface area contributed by atoms with Gasteiger partial charge in [0, 0.05) is 5.56 Å². The quantitative estimate of drug-likeness (QED) is 0.661. The van der Waals surface area contributed by atoms with Crippen LogP contribution < -0.4 is 0 Å². The highest BCUT2D eigenvalue weighted by atomic mass is 16.5. The van der Waals surface area contributed by atoms with Gasteiger partial charge in [-0.2, -0.15) is 0 Å². The van der Waals surface area contributed by atoms with Crippen molar-refractivity contribution in [2.75, 3.05) is 7.11 Å². The number of aliphatic carboxylic acids is 1. The standard InChI is InChI=1S/C18H12O6/c1-24-18(23)10-4-2-3-9(5-10)16(20)14-7-11-6-13(17(21)22)12(11)8-15(14)19/h2-8,19H,1H3,(H,21,22). The van der Waals surface area contributed by atoms with Crippen molar-refractivity contribution in [1.29, 1.82) is 0 Å². The second-order valence-electron chi connectivity index (χ2n) is 5.22. The van der Waals surface area contributed by atoms with Crippen LogP contribution in [0.4, 0.5) is 0 Å². The lowest BCUT2D eigenvalue weighted by Crippen LogP contribution is -2.11. The van der Waals surface area contributed by atoms with E-state index < -0.39 is 17.7 Å². The number of carboxylic acid groups (broad SMARTS) is 1. The first-order valence-corrected chi connectivity index (χ1v) is 6.98. The Morgan fingerprint density at radius 2 is 1.75 bits per heavy atom. The smallest absolute Gasteiger partial charge is 0.337 e. The topological polar surface area (TPSA) is 101 Å². The van der Waals surface area contributed by atoms with Crippen molar-refractivity contribution >= 4 is 29.4 Å². The molecule has 0 aliphatic heterocycles. The molecule has 0 saturated carbocycles. The van der Waals surface area contributed by atoms with Crippen LogP contribution in [-0.4, -0.2) is 35.0 Å². The van der Waals surface area contributed by atoms with Crippen molar-refractivity contribution in [3.8, 4) is 5.75 Å². The average Bonchev–Trinajstić information content (AvgIpc) is 2.56. The van der Waals surface area contributed by atoms with E-state index >= 15 is 0 Å². The molecule has 0 bridgehead atoms. The van der Waals surface area contributed by atoms with E-state index in [1.165, 1.54) is 43.5 Å². The van der Waals surface area contributed by atoms with Gasteiger partial charge in [-0.25, -0.2) is 9.59 Å². The van der Waals surface area contributed by atoms with Crippen LogP contribution in [0.3, 0.4) is 0 Å². The Labute approximate surface area is 136 Å². The fourth-order valence-corrected chi connectivity index (χ4v) is 2.53. The summed E-state index contributed by atoms with van der Waals surface area (Å²) in [6.07, 6.45) is 1.43. The summed E-state index contributed by atoms with van der Waals surface area (Å²) in [5, 5.41) is 19.0. The predicted octanol–water partition coefficient (Wildman–Crippen LogP) is 2.35. The first-order valence-electron chi connectivity index (χ1n) is 6.98. The first kappa shape index (κ1) is 15.5. The third-order valence-corrected chi connectivity index (χ3v) is 3.78. The van der Waals surface area contributed by atoms with E-state index in [1.807, 2.05) is 0 Å². The van der Waals surface area contributed by atoms with Gasteiger partial charge in [0.1, 0.15) is 5.75 Å². The van der Waals surface area contributed by atoms with Gasteiger partial charge in [0.2, 0.25) is 0 Å². The number of phenolic OH excluding ortho intramolecular Hbond substituents is 1. The number of benzene rings is 2. The van der Waals surface area contributed by atoms with Gasteiger partial charge in [0.05, 0.1) is 23.8 Å². The molecule has 0 heterocycles. The van der Waals surface area contributed by atoms with E-state index in [9.17, 15) is 19.5 Å². The van der Waals surface area contributed by atoms with Crippen LogP contribution in [0, 0.1) is 0 Å². The van der Waals surface area contributed by atoms with E-state index in [0.29, 0.717) is 11.1 Å². The molecular weight excluding hydrogens is 312 g/mol. The molecule has 0 unspecified atom stereocenters. The summed E-state index contributed by atoms with van der Waals surface area (Å²) in [5.74, 6) is -2.45. The zero-order valence-corrected chi connectivity index (χ0v) is 12.6. The largest absolute Gasteiger partial charge is 0.507 e. The fourth-order valence-electron chi connectivity index (χ4n) is 2.53. The molecule has 0 aromatic heterocycles. The minimum Gasteiger partial charge on any atom is -0.507 e. The molecule has 6 heteroatoms. The van der Waals surface area contributed by atoms with E-state index in [-0.39, 0.29) is 28.0 Å². The molecule has 0 saturated heterocycles. The lowest BCUT2D eigenvalue weighted by molar-refractivity contribution is -0.130. The van der Waals surface area contributed by atoms with Crippen molar-refractivity contribution in [2.45, 2.75) is 0 Å². The summed E-state index contributed by atoms with van der Waals surface area (Å²) in [5.41, 5.74) is 1.52. The molecule has 2 aromatic carbocycles. The predicted molar refractivity (Wildman–Crippen MR) is 84.8 cm³/mol. The number of carbonyl (C=O) groups excluding carboxylic acids is 2. The van der Waals surface area contributed by atoms with E-state index in [1.54, 1.807) is 6.07 Å². The minimum atomic E-state index is -1.09. The third kappa shape index (κ3) is 2.44. The number of esters is 1. The monoisotopic (exact) mass is 324 g/mol. The van der Waals surface area contributed by atoms with E-state index in [2.05, 4.69) is 4.74 Å². The number of rotatable bonds is 4. The van der Waals surface area contributed by atoms with Gasteiger partial charge in [-0.05, 0) is 41.5 Å². The number of fused-ring (bicyclic) bond motifs is 1. The van der Waals surface area contributed by atoms with Crippen LogP contribution in [0.2, 0.25) is 0 Å². The number of aromatic hydroxyl groups is 1. The molecule has 0 fully saturated rings. The van der Waals surface area contributed by atoms with E-state index in [4.69, 9.17) is 5.11 Å². The Balaban J connectivity index is 1.98. The van der Waals surface area contributed by atoms with Gasteiger partial charge >= 0.3 is 11.9 Å². The zero-order valence-electron chi connectivity index (χ0n) is 12.6. The molecule has 2 aromatic rings. The summed E-state index contributed by atoms with van der Waals surface area (Å²) >= 11 is 0. The van der Waals surface area contributed by atoms with E-state index in [0.717, 1.165) is 0 Å². The van der Waals surface area contributed by atoms with Crippen LogP contribution in [0.15, 0.2) is 36.4 Å². The van der Waals surface area contributed by atoms with Gasteiger partial charge in [-0.15, -0.1) is 0 Å². The van der Waals surface area contributed by atoms with Gasteiger partial charge in [-0.1, -0.05) is 12.1 Å². The molecule has 0 atom stereocenters. The Morgan fingerprint density at radius 1 is 1.04 bits per heavy atom. The summed E-state index contributed by atoms with van der Waals surface area (Å²) in [6, 6.07) is 8.65. The summed E-state index contributed by atoms with van der Waals surface area (Å²) in [6.45, 7) is 0. The Bertz CT molecular complexity index is 923. The molecule has 2 N–H and O–H groups in total. The average molecular weight is 324 g/mol. The third-order valence-electron chi connectivity index (χ3n) is 3.78. The van der Waals surface area contributed by atoms with Crippen LogP contribution in [0.5, 0.6) is 5.75 Å². The van der Waals surface area contributed by atoms with Gasteiger partial charge < -0.3 is 14.9 Å². The van der Waals surface area contributed by atoms with Crippen molar-refractivity contribution in [3.63, 3.8) is 0 Å². The number of phenols is 1. The maximum Gasteiger partial charge on any atom is 0.337 e. The molecular formula is C18H12O6. The highest BCUT2D eigenvalue weighted by molar-refractivity contribution is 6.27. The molecule has 0 spiro atoms. The summed E-state index contributed by atoms with van der Waals surface area (Å²) in [7, 11) is 1.24. The molecule has 6 nitrogen and oxygen atoms in total. The number of carboxylic acids is 1. The maximum absolute atomic E-state index is 12.6. The van der Waals surface area contributed by atoms with Gasteiger partial charge in [0.25, 0.3) is 0 Å². The second kappa shape index (κ2) is 5.66. The molecule has 120 valence electrons. The van der Waals surface area contributed by atoms with Crippen LogP contribution >= 0.6 is 0 Å². The summed E-state index contributed by atoms with van der Waals surface area (Å²) < 4.78 is 4.62. The Kier molecular flexibility index (Phi) is 3.65. The van der Waals surface area contributed by atoms with Gasteiger partial charge in [0.15, 0.2) is 5.78 Å². The number of methoxy groups -OCH3 is 1. The molecule has 0 amide bonds.